The van der Waals surface area contributed by atoms with Crippen molar-refractivity contribution in [3.8, 4) is 0 Å². The molecule has 2 aliphatic carbocycles. The number of benzene rings is 2. The molecule has 0 spiro atoms. The first-order valence-electron chi connectivity index (χ1n) is 12.9. The van der Waals surface area contributed by atoms with E-state index in [0.29, 0.717) is 62.7 Å². The highest BCUT2D eigenvalue weighted by molar-refractivity contribution is 5.41. The number of rotatable bonds is 8. The van der Waals surface area contributed by atoms with Crippen LogP contribution in [0, 0.1) is 0 Å². The van der Waals surface area contributed by atoms with Crippen molar-refractivity contribution in [1.82, 2.24) is 0 Å². The molecule has 2 fully saturated rings. The number of hydrogen-bond donors (Lipinski definition) is 2. The number of alkyl halides is 6. The molecule has 0 heterocycles. The maximum atomic E-state index is 14.3. The van der Waals surface area contributed by atoms with Crippen LogP contribution in [0.5, 0.6) is 0 Å². The van der Waals surface area contributed by atoms with E-state index in [9.17, 15) is 26.3 Å². The monoisotopic (exact) mass is 528 g/mol. The van der Waals surface area contributed by atoms with Gasteiger partial charge in [0.25, 0.3) is 0 Å². The second-order valence-corrected chi connectivity index (χ2v) is 10.8. The van der Waals surface area contributed by atoms with Gasteiger partial charge in [0.2, 0.25) is 0 Å². The second-order valence-electron chi connectivity index (χ2n) is 10.8. The summed E-state index contributed by atoms with van der Waals surface area (Å²) in [5.74, 6) is -3.58. The van der Waals surface area contributed by atoms with E-state index in [2.05, 4.69) is 0 Å². The van der Waals surface area contributed by atoms with Crippen LogP contribution < -0.4 is 11.5 Å². The van der Waals surface area contributed by atoms with Gasteiger partial charge < -0.3 is 16.2 Å². The van der Waals surface area contributed by atoms with Crippen molar-refractivity contribution in [2.75, 3.05) is 11.5 Å². The lowest BCUT2D eigenvalue weighted by atomic mass is 9.80. The van der Waals surface area contributed by atoms with Crippen LogP contribution in [0.4, 0.5) is 37.7 Å². The van der Waals surface area contributed by atoms with Gasteiger partial charge in [0.1, 0.15) is 0 Å². The summed E-state index contributed by atoms with van der Waals surface area (Å²) in [6.07, 6.45) is -5.38. The molecule has 2 saturated carbocycles. The fourth-order valence-corrected chi connectivity index (χ4v) is 6.24. The van der Waals surface area contributed by atoms with E-state index >= 15 is 0 Å². The van der Waals surface area contributed by atoms with Crippen molar-refractivity contribution in [1.29, 1.82) is 0 Å². The van der Waals surface area contributed by atoms with Crippen LogP contribution in [0.1, 0.15) is 87.2 Å². The maximum absolute atomic E-state index is 14.3. The quantitative estimate of drug-likeness (QED) is 0.268. The Morgan fingerprint density at radius 3 is 1.16 bits per heavy atom. The van der Waals surface area contributed by atoms with E-state index in [1.54, 1.807) is 0 Å². The molecule has 2 unspecified atom stereocenters. The van der Waals surface area contributed by atoms with Gasteiger partial charge in [-0.25, -0.2) is 0 Å². The van der Waals surface area contributed by atoms with Crippen LogP contribution in [-0.2, 0) is 4.74 Å². The Morgan fingerprint density at radius 1 is 0.595 bits per heavy atom. The molecule has 2 atom stereocenters. The normalized spacial score (nSPS) is 21.1. The third-order valence-electron chi connectivity index (χ3n) is 8.08. The number of halogens is 6. The van der Waals surface area contributed by atoms with E-state index < -0.39 is 35.4 Å². The maximum Gasteiger partial charge on any atom is 0.395 e. The lowest BCUT2D eigenvalue weighted by Gasteiger charge is -2.44. The molecule has 0 aliphatic heterocycles. The molecule has 2 aliphatic rings. The first-order valence-corrected chi connectivity index (χ1v) is 12.9. The second kappa shape index (κ2) is 10.4. The van der Waals surface area contributed by atoms with E-state index in [0.717, 1.165) is 0 Å². The molecule has 4 rings (SSSR count). The Morgan fingerprint density at radius 2 is 0.892 bits per heavy atom. The average molecular weight is 529 g/mol. The number of nitrogens with two attached hydrogens (primary N) is 2. The third-order valence-corrected chi connectivity index (χ3v) is 8.08. The first-order chi connectivity index (χ1) is 17.3. The summed E-state index contributed by atoms with van der Waals surface area (Å²) in [5.41, 5.74) is 10.0. The fraction of sp³-hybridized carbons (Fsp3) is 0.571. The van der Waals surface area contributed by atoms with Crippen molar-refractivity contribution in [3.63, 3.8) is 0 Å². The molecule has 37 heavy (non-hydrogen) atoms. The smallest absolute Gasteiger partial charge is 0.395 e. The standard InChI is InChI=1S/C28H34F6N2O/c29-27(30,31)23(19-5-9-21(35)10-6-19)17-25(13-1-2-14-25)37-26(15-3-4-16-26)18-24(28(32,33)34)20-7-11-22(36)12-8-20/h5-12,23-24H,1-4,13-18,35-36H2. The van der Waals surface area contributed by atoms with Crippen molar-refractivity contribution in [2.45, 2.75) is 99.6 Å². The molecular formula is C28H34F6N2O. The zero-order valence-corrected chi connectivity index (χ0v) is 20.7. The molecule has 0 radical (unpaired) electrons. The molecule has 4 N–H and O–H groups in total. The summed E-state index contributed by atoms with van der Waals surface area (Å²) in [6.45, 7) is 0. The summed E-state index contributed by atoms with van der Waals surface area (Å²) in [4.78, 5) is 0. The van der Waals surface area contributed by atoms with Gasteiger partial charge in [-0.1, -0.05) is 49.9 Å². The van der Waals surface area contributed by atoms with Crippen LogP contribution in [0.25, 0.3) is 0 Å². The Bertz CT molecular complexity index is 937. The predicted octanol–water partition coefficient (Wildman–Crippen LogP) is 8.27. The predicted molar refractivity (Wildman–Crippen MR) is 132 cm³/mol. The molecule has 204 valence electrons. The minimum absolute atomic E-state index is 0.0899. The number of anilines is 2. The minimum Gasteiger partial charge on any atom is -0.399 e. The molecule has 0 amide bonds. The van der Waals surface area contributed by atoms with Crippen LogP contribution >= 0.6 is 0 Å². The van der Waals surface area contributed by atoms with Crippen molar-refractivity contribution < 1.29 is 31.1 Å². The average Bonchev–Trinajstić information content (AvgIpc) is 3.46. The molecule has 2 aromatic carbocycles. The summed E-state index contributed by atoms with van der Waals surface area (Å²) in [6, 6.07) is 11.3. The summed E-state index contributed by atoms with van der Waals surface area (Å²) in [5, 5.41) is 0. The van der Waals surface area contributed by atoms with Gasteiger partial charge in [0.15, 0.2) is 0 Å². The fourth-order valence-electron chi connectivity index (χ4n) is 6.24. The minimum atomic E-state index is -4.53. The van der Waals surface area contributed by atoms with Gasteiger partial charge in [0.05, 0.1) is 23.0 Å². The van der Waals surface area contributed by atoms with E-state index in [1.807, 2.05) is 0 Å². The van der Waals surface area contributed by atoms with Gasteiger partial charge in [-0.15, -0.1) is 0 Å². The van der Waals surface area contributed by atoms with Crippen molar-refractivity contribution in [3.05, 3.63) is 59.7 Å². The first kappa shape index (κ1) is 27.6. The van der Waals surface area contributed by atoms with E-state index in [1.165, 1.54) is 48.5 Å². The van der Waals surface area contributed by atoms with Gasteiger partial charge in [0, 0.05) is 11.4 Å². The van der Waals surface area contributed by atoms with Crippen molar-refractivity contribution in [2.24, 2.45) is 0 Å². The van der Waals surface area contributed by atoms with E-state index in [-0.39, 0.29) is 24.0 Å². The molecule has 0 saturated heterocycles. The zero-order valence-electron chi connectivity index (χ0n) is 20.7. The van der Waals surface area contributed by atoms with Crippen LogP contribution in [-0.4, -0.2) is 23.6 Å². The van der Waals surface area contributed by atoms with Gasteiger partial charge >= 0.3 is 12.4 Å². The van der Waals surface area contributed by atoms with Crippen LogP contribution in [0.15, 0.2) is 48.5 Å². The highest BCUT2D eigenvalue weighted by Gasteiger charge is 2.53. The SMILES string of the molecule is Nc1ccc(C(CC2(OC3(CC(c4ccc(N)cc4)C(F)(F)F)CCCC3)CCCC2)C(F)(F)F)cc1. The van der Waals surface area contributed by atoms with Crippen molar-refractivity contribution >= 4 is 11.4 Å². The Labute approximate surface area is 213 Å². The molecule has 9 heteroatoms. The molecule has 2 aromatic rings. The van der Waals surface area contributed by atoms with Gasteiger partial charge in [-0.3, -0.25) is 0 Å². The molecule has 0 aromatic heterocycles. The summed E-state index contributed by atoms with van der Waals surface area (Å²) in [7, 11) is 0. The van der Waals surface area contributed by atoms with Crippen LogP contribution in [0.2, 0.25) is 0 Å². The topological polar surface area (TPSA) is 61.3 Å². The molecule has 0 bridgehead atoms. The summed E-state index contributed by atoms with van der Waals surface area (Å²) >= 11 is 0. The highest BCUT2D eigenvalue weighted by Crippen LogP contribution is 2.53. The number of ether oxygens (including phenoxy) is 1. The highest BCUT2D eigenvalue weighted by atomic mass is 19.4. The molecule has 3 nitrogen and oxygen atoms in total. The third kappa shape index (κ3) is 6.54. The Kier molecular flexibility index (Phi) is 7.75. The zero-order chi connectivity index (χ0) is 26.9. The number of hydrogen-bond acceptors (Lipinski definition) is 3. The van der Waals surface area contributed by atoms with Crippen LogP contribution in [0.3, 0.4) is 0 Å². The summed E-state index contributed by atoms with van der Waals surface area (Å²) < 4.78 is 92.5. The Hall–Kier alpha value is -2.42. The molecular weight excluding hydrogens is 494 g/mol. The van der Waals surface area contributed by atoms with E-state index in [4.69, 9.17) is 16.2 Å². The lowest BCUT2D eigenvalue weighted by molar-refractivity contribution is -0.211. The van der Waals surface area contributed by atoms with Gasteiger partial charge in [-0.2, -0.15) is 26.3 Å². The van der Waals surface area contributed by atoms with Gasteiger partial charge in [-0.05, 0) is 73.9 Å². The number of nitrogen functional groups attached to an aromatic ring is 2. The largest absolute Gasteiger partial charge is 0.399 e. The Balaban J connectivity index is 1.66. The lowest BCUT2D eigenvalue weighted by Crippen LogP contribution is -2.46.